The minimum absolute atomic E-state index is 0.164. The summed E-state index contributed by atoms with van der Waals surface area (Å²) in [5.74, 6) is -0.512. The van der Waals surface area contributed by atoms with Gasteiger partial charge in [-0.1, -0.05) is 39.0 Å². The Morgan fingerprint density at radius 1 is 1.12 bits per heavy atom. The van der Waals surface area contributed by atoms with Gasteiger partial charge in [-0.2, -0.15) is 10.4 Å². The number of para-hydroxylation sites is 1. The molecule has 2 heterocycles. The molecule has 3 rings (SSSR count). The van der Waals surface area contributed by atoms with E-state index in [-0.39, 0.29) is 11.8 Å². The van der Waals surface area contributed by atoms with Crippen LogP contribution in [-0.4, -0.2) is 58.7 Å². The Morgan fingerprint density at radius 2 is 1.85 bits per heavy atom. The predicted molar refractivity (Wildman–Crippen MR) is 133 cm³/mol. The molecule has 1 aromatic carbocycles. The van der Waals surface area contributed by atoms with Crippen molar-refractivity contribution in [3.05, 3.63) is 30.0 Å². The summed E-state index contributed by atoms with van der Waals surface area (Å²) in [7, 11) is 0. The first-order chi connectivity index (χ1) is 16.3. The van der Waals surface area contributed by atoms with Gasteiger partial charge in [-0.05, 0) is 63.2 Å². The summed E-state index contributed by atoms with van der Waals surface area (Å²) in [6.07, 6.45) is 5.52. The zero-order valence-corrected chi connectivity index (χ0v) is 20.8. The van der Waals surface area contributed by atoms with Gasteiger partial charge in [0.15, 0.2) is 5.69 Å². The lowest BCUT2D eigenvalue weighted by Crippen LogP contribution is -2.54. The summed E-state index contributed by atoms with van der Waals surface area (Å²) in [4.78, 5) is 28.8. The molecule has 2 N–H and O–H groups in total. The van der Waals surface area contributed by atoms with Crippen LogP contribution in [-0.2, 0) is 11.3 Å². The molecule has 1 fully saturated rings. The van der Waals surface area contributed by atoms with Gasteiger partial charge in [0.25, 0.3) is 5.91 Å². The number of amides is 2. The third-order valence-electron chi connectivity index (χ3n) is 6.33. The van der Waals surface area contributed by atoms with Crippen LogP contribution in [0.4, 0.5) is 0 Å². The zero-order valence-electron chi connectivity index (χ0n) is 20.8. The Morgan fingerprint density at radius 3 is 2.56 bits per heavy atom. The molecule has 1 saturated heterocycles. The number of unbranched alkanes of at least 4 members (excludes halogenated alkanes) is 2. The topological polar surface area (TPSA) is 103 Å². The summed E-state index contributed by atoms with van der Waals surface area (Å²) in [5, 5.41) is 20.1. The van der Waals surface area contributed by atoms with Crippen LogP contribution in [0.1, 0.15) is 69.8 Å². The van der Waals surface area contributed by atoms with Crippen molar-refractivity contribution in [2.45, 2.75) is 71.9 Å². The van der Waals surface area contributed by atoms with E-state index >= 15 is 0 Å². The molecule has 0 aliphatic carbocycles. The van der Waals surface area contributed by atoms with Crippen LogP contribution in [0.3, 0.4) is 0 Å². The molecule has 1 aliphatic rings. The van der Waals surface area contributed by atoms with Crippen LogP contribution in [0.2, 0.25) is 0 Å². The van der Waals surface area contributed by atoms with Crippen molar-refractivity contribution in [3.63, 3.8) is 0 Å². The number of carbonyl (C=O) groups excluding carboxylic acids is 2. The molecule has 34 heavy (non-hydrogen) atoms. The molecule has 8 nitrogen and oxygen atoms in total. The number of fused-ring (bicyclic) bond motifs is 1. The zero-order chi connectivity index (χ0) is 24.6. The van der Waals surface area contributed by atoms with E-state index in [1.807, 2.05) is 49.7 Å². The number of hydrogen-bond donors (Lipinski definition) is 2. The first-order valence-corrected chi connectivity index (χ1v) is 12.4. The van der Waals surface area contributed by atoms with E-state index in [0.717, 1.165) is 49.8 Å². The van der Waals surface area contributed by atoms with Crippen LogP contribution in [0.5, 0.6) is 0 Å². The van der Waals surface area contributed by atoms with Crippen molar-refractivity contribution in [1.29, 1.82) is 5.26 Å². The largest absolute Gasteiger partial charge is 0.354 e. The van der Waals surface area contributed by atoms with Crippen molar-refractivity contribution >= 4 is 22.7 Å². The highest BCUT2D eigenvalue weighted by Gasteiger charge is 2.34. The number of aryl methyl sites for hydroxylation is 1. The smallest absolute Gasteiger partial charge is 0.273 e. The van der Waals surface area contributed by atoms with Crippen molar-refractivity contribution in [2.75, 3.05) is 26.2 Å². The lowest BCUT2D eigenvalue weighted by Gasteiger charge is -2.30. The van der Waals surface area contributed by atoms with Crippen molar-refractivity contribution in [1.82, 2.24) is 25.3 Å². The molecular formula is C26H38N6O2. The maximum Gasteiger partial charge on any atom is 0.273 e. The average Bonchev–Trinajstić information content (AvgIpc) is 3.45. The van der Waals surface area contributed by atoms with E-state index in [2.05, 4.69) is 26.7 Å². The molecular weight excluding hydrogens is 428 g/mol. The van der Waals surface area contributed by atoms with Crippen LogP contribution >= 0.6 is 0 Å². The maximum atomic E-state index is 13.3. The lowest BCUT2D eigenvalue weighted by molar-refractivity contribution is -0.125. The Bertz CT molecular complexity index is 1010. The van der Waals surface area contributed by atoms with Crippen LogP contribution in [0.25, 0.3) is 10.9 Å². The van der Waals surface area contributed by atoms with Gasteiger partial charge in [-0.3, -0.25) is 14.3 Å². The lowest BCUT2D eigenvalue weighted by atomic mass is 9.86. The quantitative estimate of drug-likeness (QED) is 0.494. The highest BCUT2D eigenvalue weighted by Crippen LogP contribution is 2.23. The molecule has 2 amide bonds. The van der Waals surface area contributed by atoms with Crippen LogP contribution in [0.15, 0.2) is 24.3 Å². The Kier molecular flexibility index (Phi) is 9.05. The van der Waals surface area contributed by atoms with Gasteiger partial charge >= 0.3 is 0 Å². The molecule has 0 radical (unpaired) electrons. The maximum absolute atomic E-state index is 13.3. The number of nitrogens with one attached hydrogen (secondary N) is 2. The van der Waals surface area contributed by atoms with Crippen molar-refractivity contribution < 1.29 is 9.59 Å². The summed E-state index contributed by atoms with van der Waals surface area (Å²) < 4.78 is 1.83. The first kappa shape index (κ1) is 25.7. The fourth-order valence-corrected chi connectivity index (χ4v) is 4.43. The second-order valence-corrected chi connectivity index (χ2v) is 10.2. The van der Waals surface area contributed by atoms with E-state index < -0.39 is 11.5 Å². The van der Waals surface area contributed by atoms with Gasteiger partial charge in [-0.25, -0.2) is 0 Å². The number of hydrogen-bond acceptors (Lipinski definition) is 5. The number of likely N-dealkylation sites (tertiary alicyclic amines) is 1. The Balaban J connectivity index is 1.66. The molecule has 1 unspecified atom stereocenters. The number of nitrogens with zero attached hydrogens (tertiary/aromatic N) is 4. The minimum Gasteiger partial charge on any atom is -0.354 e. The average molecular weight is 467 g/mol. The number of rotatable bonds is 11. The van der Waals surface area contributed by atoms with Gasteiger partial charge < -0.3 is 15.5 Å². The molecule has 1 aliphatic heterocycles. The highest BCUT2D eigenvalue weighted by molar-refractivity contribution is 6.06. The number of aromatic nitrogens is 2. The van der Waals surface area contributed by atoms with Gasteiger partial charge in [0.05, 0.1) is 11.6 Å². The van der Waals surface area contributed by atoms with E-state index in [4.69, 9.17) is 5.26 Å². The Labute approximate surface area is 202 Å². The SMILES string of the molecule is CC(C)(C)C(NC(=O)c1nn(CCCCC#N)c2ccccc12)C(=O)NCCCN1CCCC1. The van der Waals surface area contributed by atoms with E-state index in [1.54, 1.807) is 0 Å². The van der Waals surface area contributed by atoms with E-state index in [9.17, 15) is 9.59 Å². The molecule has 0 saturated carbocycles. The molecule has 0 spiro atoms. The summed E-state index contributed by atoms with van der Waals surface area (Å²) in [5.41, 5.74) is 0.750. The third-order valence-corrected chi connectivity index (χ3v) is 6.33. The van der Waals surface area contributed by atoms with Gasteiger partial charge in [0.1, 0.15) is 6.04 Å². The van der Waals surface area contributed by atoms with Crippen LogP contribution < -0.4 is 10.6 Å². The van der Waals surface area contributed by atoms with Crippen molar-refractivity contribution in [3.8, 4) is 6.07 Å². The molecule has 0 bridgehead atoms. The second-order valence-electron chi connectivity index (χ2n) is 10.2. The van der Waals surface area contributed by atoms with Crippen molar-refractivity contribution in [2.24, 2.45) is 5.41 Å². The first-order valence-electron chi connectivity index (χ1n) is 12.4. The normalized spacial score (nSPS) is 15.2. The van der Waals surface area contributed by atoms with E-state index in [1.165, 1.54) is 12.8 Å². The molecule has 1 aromatic heterocycles. The third kappa shape index (κ3) is 6.80. The molecule has 184 valence electrons. The van der Waals surface area contributed by atoms with Gasteiger partial charge in [0.2, 0.25) is 5.91 Å². The summed E-state index contributed by atoms with van der Waals surface area (Å²) >= 11 is 0. The molecule has 2 aromatic rings. The monoisotopic (exact) mass is 466 g/mol. The van der Waals surface area contributed by atoms with E-state index in [0.29, 0.717) is 25.2 Å². The second kappa shape index (κ2) is 12.0. The molecule has 1 atom stereocenters. The standard InChI is InChI=1S/C26H38N6O2/c1-26(2,3)23(25(34)28-15-11-18-31-16-9-10-17-31)29-24(33)22-20-12-5-6-13-21(20)32(30-22)19-8-4-7-14-27/h5-6,12-13,23H,4,7-11,15-19H2,1-3H3,(H,28,34)(H,29,33). The summed E-state index contributed by atoms with van der Waals surface area (Å²) in [6, 6.07) is 9.11. The highest BCUT2D eigenvalue weighted by atomic mass is 16.2. The fourth-order valence-electron chi connectivity index (χ4n) is 4.43. The number of nitriles is 1. The van der Waals surface area contributed by atoms with Gasteiger partial charge in [0, 0.05) is 24.9 Å². The minimum atomic E-state index is -0.675. The van der Waals surface area contributed by atoms with Gasteiger partial charge in [-0.15, -0.1) is 0 Å². The Hall–Kier alpha value is -2.92. The van der Waals surface area contributed by atoms with Crippen LogP contribution in [0, 0.1) is 16.7 Å². The summed E-state index contributed by atoms with van der Waals surface area (Å²) in [6.45, 7) is 10.4. The number of benzene rings is 1. The predicted octanol–water partition coefficient (Wildman–Crippen LogP) is 3.48. The number of carbonyl (C=O) groups is 2. The fraction of sp³-hybridized carbons (Fsp3) is 0.615. The molecule has 8 heteroatoms.